The summed E-state index contributed by atoms with van der Waals surface area (Å²) >= 11 is 2.96. The Morgan fingerprint density at radius 1 is 1.23 bits per heavy atom. The largest absolute Gasteiger partial charge is 0.496 e. The minimum Gasteiger partial charge on any atom is -0.496 e. The number of nitrogens with one attached hydrogen (secondary N) is 1. The number of aromatic amines is 1. The van der Waals surface area contributed by atoms with Gasteiger partial charge in [-0.2, -0.15) is 5.26 Å². The lowest BCUT2D eigenvalue weighted by atomic mass is 10.0. The van der Waals surface area contributed by atoms with Gasteiger partial charge in [0.25, 0.3) is 5.56 Å². The molecule has 3 N–H and O–H groups in total. The van der Waals surface area contributed by atoms with E-state index in [-0.39, 0.29) is 5.56 Å². The zero-order chi connectivity index (χ0) is 21.8. The van der Waals surface area contributed by atoms with Crippen LogP contribution in [0.2, 0.25) is 0 Å². The van der Waals surface area contributed by atoms with Crippen molar-refractivity contribution in [1.29, 1.82) is 5.26 Å². The summed E-state index contributed by atoms with van der Waals surface area (Å²) in [4.78, 5) is 20.9. The molecule has 0 unspecified atom stereocenters. The lowest BCUT2D eigenvalue weighted by Gasteiger charge is -2.11. The van der Waals surface area contributed by atoms with Crippen molar-refractivity contribution < 1.29 is 4.74 Å². The maximum Gasteiger partial charge on any atom is 0.270 e. The Bertz CT molecular complexity index is 1320. The van der Waals surface area contributed by atoms with Gasteiger partial charge in [-0.1, -0.05) is 30.0 Å². The Labute approximate surface area is 187 Å². The van der Waals surface area contributed by atoms with Crippen LogP contribution in [0, 0.1) is 11.3 Å². The van der Waals surface area contributed by atoms with Crippen molar-refractivity contribution in [3.63, 3.8) is 0 Å². The van der Waals surface area contributed by atoms with Crippen LogP contribution in [-0.2, 0) is 5.75 Å². The summed E-state index contributed by atoms with van der Waals surface area (Å²) in [6, 6.07) is 19.0. The molecule has 0 aliphatic heterocycles. The van der Waals surface area contributed by atoms with Crippen LogP contribution in [0.3, 0.4) is 0 Å². The number of nitrogens with two attached hydrogens (primary N) is 1. The van der Waals surface area contributed by atoms with Gasteiger partial charge in [-0.05, 0) is 47.3 Å². The smallest absolute Gasteiger partial charge is 0.270 e. The second-order valence-electron chi connectivity index (χ2n) is 6.63. The van der Waals surface area contributed by atoms with E-state index < -0.39 is 5.56 Å². The SMILES string of the molecule is COc1ccc(-c2nc(SCc3cccc(N)c3)[nH]c(=O)c2C#N)cc1-c1cccs1. The summed E-state index contributed by atoms with van der Waals surface area (Å²) in [6.07, 6.45) is 0. The third-order valence-corrected chi connectivity index (χ3v) is 6.44. The maximum atomic E-state index is 12.6. The summed E-state index contributed by atoms with van der Waals surface area (Å²) < 4.78 is 5.50. The first kappa shape index (κ1) is 20.7. The van der Waals surface area contributed by atoms with Gasteiger partial charge in [0.05, 0.1) is 12.8 Å². The molecule has 0 saturated carbocycles. The molecule has 0 aliphatic carbocycles. The van der Waals surface area contributed by atoms with Gasteiger partial charge in [0, 0.05) is 27.4 Å². The van der Waals surface area contributed by atoms with Crippen molar-refractivity contribution in [2.24, 2.45) is 0 Å². The fraction of sp³-hybridized carbons (Fsp3) is 0.0870. The van der Waals surface area contributed by atoms with E-state index in [9.17, 15) is 10.1 Å². The Morgan fingerprint density at radius 3 is 2.81 bits per heavy atom. The molecule has 4 rings (SSSR count). The number of anilines is 1. The van der Waals surface area contributed by atoms with Crippen LogP contribution in [0.25, 0.3) is 21.7 Å². The fourth-order valence-electron chi connectivity index (χ4n) is 3.15. The van der Waals surface area contributed by atoms with Gasteiger partial charge in [-0.3, -0.25) is 4.79 Å². The molecular formula is C23H18N4O2S2. The number of nitriles is 1. The van der Waals surface area contributed by atoms with E-state index in [1.165, 1.54) is 11.8 Å². The van der Waals surface area contributed by atoms with Crippen LogP contribution in [-0.4, -0.2) is 17.1 Å². The molecule has 2 aromatic heterocycles. The lowest BCUT2D eigenvalue weighted by Crippen LogP contribution is -2.14. The van der Waals surface area contributed by atoms with E-state index in [2.05, 4.69) is 9.97 Å². The molecule has 0 radical (unpaired) electrons. The first-order valence-corrected chi connectivity index (χ1v) is 11.2. The second-order valence-corrected chi connectivity index (χ2v) is 8.54. The number of thiophene rings is 1. The Balaban J connectivity index is 1.75. The van der Waals surface area contributed by atoms with Crippen molar-refractivity contribution in [2.75, 3.05) is 12.8 Å². The van der Waals surface area contributed by atoms with Crippen molar-refractivity contribution in [3.8, 4) is 33.5 Å². The van der Waals surface area contributed by atoms with Crippen LogP contribution in [0.5, 0.6) is 5.75 Å². The number of H-pyrrole nitrogens is 1. The quantitative estimate of drug-likeness (QED) is 0.247. The van der Waals surface area contributed by atoms with Crippen LogP contribution in [0.15, 0.2) is 69.9 Å². The van der Waals surface area contributed by atoms with Crippen molar-refractivity contribution in [2.45, 2.75) is 10.9 Å². The molecular weight excluding hydrogens is 428 g/mol. The maximum absolute atomic E-state index is 12.6. The highest BCUT2D eigenvalue weighted by Crippen LogP contribution is 2.36. The predicted octanol–water partition coefficient (Wildman–Crippen LogP) is 4.92. The van der Waals surface area contributed by atoms with Crippen molar-refractivity contribution in [3.05, 3.63) is 81.5 Å². The molecule has 2 aromatic carbocycles. The fourth-order valence-corrected chi connectivity index (χ4v) is 4.70. The summed E-state index contributed by atoms with van der Waals surface area (Å²) in [5.74, 6) is 1.30. The van der Waals surface area contributed by atoms with Crippen molar-refractivity contribution >= 4 is 28.8 Å². The highest BCUT2D eigenvalue weighted by molar-refractivity contribution is 7.98. The standard InChI is InChI=1S/C23H18N4O2S2/c1-29-19-8-7-15(11-17(19)20-6-3-9-30-20)21-18(12-24)22(28)27-23(26-21)31-13-14-4-2-5-16(25)10-14/h2-11H,13,25H2,1H3,(H,26,27,28). The first-order chi connectivity index (χ1) is 15.1. The third kappa shape index (κ3) is 4.48. The number of benzene rings is 2. The number of rotatable bonds is 6. The van der Waals surface area contributed by atoms with E-state index in [0.29, 0.717) is 33.6 Å². The highest BCUT2D eigenvalue weighted by atomic mass is 32.2. The molecule has 0 bridgehead atoms. The van der Waals surface area contributed by atoms with E-state index in [0.717, 1.165) is 16.0 Å². The number of hydrogen-bond acceptors (Lipinski definition) is 7. The van der Waals surface area contributed by atoms with E-state index in [4.69, 9.17) is 10.5 Å². The molecule has 0 amide bonds. The van der Waals surface area contributed by atoms with E-state index in [1.54, 1.807) is 18.4 Å². The van der Waals surface area contributed by atoms with Gasteiger partial charge in [0.2, 0.25) is 0 Å². The number of nitrogen functional groups attached to an aromatic ring is 1. The molecule has 154 valence electrons. The number of hydrogen-bond donors (Lipinski definition) is 2. The molecule has 4 aromatic rings. The van der Waals surface area contributed by atoms with Crippen LogP contribution in [0.4, 0.5) is 5.69 Å². The van der Waals surface area contributed by atoms with E-state index >= 15 is 0 Å². The van der Waals surface area contributed by atoms with E-state index in [1.807, 2.05) is 66.0 Å². The Morgan fingerprint density at radius 2 is 2.10 bits per heavy atom. The predicted molar refractivity (Wildman–Crippen MR) is 125 cm³/mol. The highest BCUT2D eigenvalue weighted by Gasteiger charge is 2.16. The molecule has 6 nitrogen and oxygen atoms in total. The summed E-state index contributed by atoms with van der Waals surface area (Å²) in [6.45, 7) is 0. The number of aromatic nitrogens is 2. The molecule has 8 heteroatoms. The van der Waals surface area contributed by atoms with Crippen LogP contribution >= 0.6 is 23.1 Å². The van der Waals surface area contributed by atoms with Gasteiger partial charge in [-0.15, -0.1) is 11.3 Å². The molecule has 0 aliphatic rings. The minimum atomic E-state index is -0.462. The molecule has 0 atom stereocenters. The Hall–Kier alpha value is -3.54. The Kier molecular flexibility index (Phi) is 6.07. The number of thioether (sulfide) groups is 1. The van der Waals surface area contributed by atoms with Crippen LogP contribution in [0.1, 0.15) is 11.1 Å². The van der Waals surface area contributed by atoms with Gasteiger partial charge in [-0.25, -0.2) is 4.98 Å². The summed E-state index contributed by atoms with van der Waals surface area (Å²) in [5, 5.41) is 12.0. The van der Waals surface area contributed by atoms with Gasteiger partial charge in [0.15, 0.2) is 5.16 Å². The minimum absolute atomic E-state index is 0.0180. The van der Waals surface area contributed by atoms with Gasteiger partial charge in [0.1, 0.15) is 17.4 Å². The molecule has 2 heterocycles. The van der Waals surface area contributed by atoms with Crippen molar-refractivity contribution in [1.82, 2.24) is 9.97 Å². The molecule has 0 fully saturated rings. The molecule has 0 spiro atoms. The second kappa shape index (κ2) is 9.08. The van der Waals surface area contributed by atoms with Gasteiger partial charge < -0.3 is 15.5 Å². The average Bonchev–Trinajstić information content (AvgIpc) is 3.32. The zero-order valence-electron chi connectivity index (χ0n) is 16.6. The molecule has 31 heavy (non-hydrogen) atoms. The first-order valence-electron chi connectivity index (χ1n) is 9.33. The summed E-state index contributed by atoms with van der Waals surface area (Å²) in [7, 11) is 1.61. The zero-order valence-corrected chi connectivity index (χ0v) is 18.2. The number of methoxy groups -OCH3 is 1. The molecule has 0 saturated heterocycles. The van der Waals surface area contributed by atoms with Crippen LogP contribution < -0.4 is 16.0 Å². The normalized spacial score (nSPS) is 10.6. The van der Waals surface area contributed by atoms with Gasteiger partial charge >= 0.3 is 0 Å². The topological polar surface area (TPSA) is 105 Å². The monoisotopic (exact) mass is 446 g/mol. The summed E-state index contributed by atoms with van der Waals surface area (Å²) in [5.41, 5.74) is 8.97. The lowest BCUT2D eigenvalue weighted by molar-refractivity contribution is 0.416. The third-order valence-electron chi connectivity index (χ3n) is 4.60. The average molecular weight is 447 g/mol. The number of ether oxygens (including phenoxy) is 1. The number of nitrogens with zero attached hydrogens (tertiary/aromatic N) is 2.